The van der Waals surface area contributed by atoms with Crippen LogP contribution in [0.25, 0.3) is 4.91 Å². The predicted molar refractivity (Wildman–Crippen MR) is 97.3 cm³/mol. The van der Waals surface area contributed by atoms with Crippen LogP contribution in [0.15, 0.2) is 78.9 Å². The molecule has 0 saturated carbocycles. The van der Waals surface area contributed by atoms with E-state index >= 15 is 0 Å². The van der Waals surface area contributed by atoms with Gasteiger partial charge in [0.1, 0.15) is 0 Å². The van der Waals surface area contributed by atoms with Crippen LogP contribution in [0.4, 0.5) is 0 Å². The molecule has 23 heavy (non-hydrogen) atoms. The van der Waals surface area contributed by atoms with Crippen molar-refractivity contribution in [3.05, 3.63) is 90.0 Å². The molecule has 1 heterocycles. The zero-order valence-electron chi connectivity index (χ0n) is 12.8. The van der Waals surface area contributed by atoms with Crippen molar-refractivity contribution in [2.75, 3.05) is 0 Å². The van der Waals surface area contributed by atoms with Crippen LogP contribution >= 0.6 is 11.8 Å². The normalized spacial score (nSPS) is 25.7. The number of ketones is 1. The molecule has 0 spiro atoms. The minimum absolute atomic E-state index is 0.0335. The number of fused-ring (bicyclic) bond motifs is 1. The topological polar surface area (TPSA) is 17.1 Å². The quantitative estimate of drug-likeness (QED) is 0.570. The van der Waals surface area contributed by atoms with E-state index in [2.05, 4.69) is 42.5 Å². The van der Waals surface area contributed by atoms with E-state index in [9.17, 15) is 4.79 Å². The van der Waals surface area contributed by atoms with E-state index in [1.807, 2.05) is 48.2 Å². The summed E-state index contributed by atoms with van der Waals surface area (Å²) in [7, 11) is 0. The third-order valence-electron chi connectivity index (χ3n) is 4.63. The zero-order chi connectivity index (χ0) is 15.6. The average molecular weight is 318 g/mol. The summed E-state index contributed by atoms with van der Waals surface area (Å²) in [6.45, 7) is 0. The number of carbonyl (C=O) groups is 1. The van der Waals surface area contributed by atoms with Gasteiger partial charge in [0, 0.05) is 21.6 Å². The van der Waals surface area contributed by atoms with Crippen LogP contribution in [0.2, 0.25) is 0 Å². The van der Waals surface area contributed by atoms with Gasteiger partial charge in [-0.2, -0.15) is 0 Å². The van der Waals surface area contributed by atoms with E-state index in [0.29, 0.717) is 11.2 Å². The first-order valence-corrected chi connectivity index (χ1v) is 8.91. The summed E-state index contributed by atoms with van der Waals surface area (Å²) in [6.07, 6.45) is 7.70. The summed E-state index contributed by atoms with van der Waals surface area (Å²) >= 11 is 1.89. The van der Waals surface area contributed by atoms with Crippen LogP contribution in [-0.2, 0) is 0 Å². The lowest BCUT2D eigenvalue weighted by atomic mass is 9.83. The summed E-state index contributed by atoms with van der Waals surface area (Å²) in [6, 6.07) is 20.1. The number of thioether (sulfide) groups is 1. The fraction of sp³-hybridized carbons (Fsp3) is 0.190. The monoisotopic (exact) mass is 318 g/mol. The number of rotatable bonds is 3. The number of hydrogen-bond acceptors (Lipinski definition) is 2. The van der Waals surface area contributed by atoms with Crippen molar-refractivity contribution in [2.24, 2.45) is 11.8 Å². The number of Topliss-reactive ketones (excluding diaryl/α,β-unsaturated/α-hetero) is 1. The van der Waals surface area contributed by atoms with Gasteiger partial charge in [-0.05, 0) is 17.9 Å². The van der Waals surface area contributed by atoms with Crippen molar-refractivity contribution in [1.29, 1.82) is 0 Å². The van der Waals surface area contributed by atoms with Gasteiger partial charge < -0.3 is 0 Å². The van der Waals surface area contributed by atoms with Crippen LogP contribution in [0, 0.1) is 11.8 Å². The minimum Gasteiger partial charge on any atom is -0.294 e. The van der Waals surface area contributed by atoms with Crippen molar-refractivity contribution in [1.82, 2.24) is 0 Å². The molecule has 1 aliphatic carbocycles. The summed E-state index contributed by atoms with van der Waals surface area (Å²) in [5.74, 6) is 0.604. The van der Waals surface area contributed by atoms with Crippen molar-refractivity contribution in [2.45, 2.75) is 11.7 Å². The molecule has 0 bridgehead atoms. The van der Waals surface area contributed by atoms with Gasteiger partial charge in [0.15, 0.2) is 5.78 Å². The van der Waals surface area contributed by atoms with E-state index in [1.165, 1.54) is 10.5 Å². The molecule has 0 aromatic heterocycles. The number of hydrogen-bond donors (Lipinski definition) is 0. The maximum Gasteiger partial charge on any atom is 0.170 e. The Morgan fingerprint density at radius 3 is 2.39 bits per heavy atom. The Balaban J connectivity index is 1.72. The second-order valence-corrected chi connectivity index (χ2v) is 7.28. The first-order valence-electron chi connectivity index (χ1n) is 8.03. The molecule has 0 saturated heterocycles. The summed E-state index contributed by atoms with van der Waals surface area (Å²) < 4.78 is 0. The molecular formula is C21H18OS. The number of benzene rings is 2. The summed E-state index contributed by atoms with van der Waals surface area (Å²) in [4.78, 5) is 14.3. The highest BCUT2D eigenvalue weighted by atomic mass is 32.2. The lowest BCUT2D eigenvalue weighted by Gasteiger charge is -2.31. The van der Waals surface area contributed by atoms with Gasteiger partial charge in [-0.25, -0.2) is 0 Å². The van der Waals surface area contributed by atoms with Gasteiger partial charge in [-0.3, -0.25) is 4.79 Å². The summed E-state index contributed by atoms with van der Waals surface area (Å²) in [5.41, 5.74) is 2.03. The van der Waals surface area contributed by atoms with Gasteiger partial charge in [0.25, 0.3) is 0 Å². The fourth-order valence-electron chi connectivity index (χ4n) is 3.43. The molecule has 2 aromatic carbocycles. The molecule has 2 unspecified atom stereocenters. The highest BCUT2D eigenvalue weighted by Crippen LogP contribution is 2.48. The Morgan fingerprint density at radius 1 is 0.957 bits per heavy atom. The highest BCUT2D eigenvalue weighted by molar-refractivity contribution is 8.09. The molecule has 1 nitrogen and oxygen atoms in total. The van der Waals surface area contributed by atoms with E-state index < -0.39 is 0 Å². The molecule has 1 aliphatic heterocycles. The van der Waals surface area contributed by atoms with Crippen molar-refractivity contribution in [3.8, 4) is 0 Å². The second-order valence-electron chi connectivity index (χ2n) is 6.06. The van der Waals surface area contributed by atoms with E-state index in [1.54, 1.807) is 0 Å². The molecule has 0 N–H and O–H groups in total. The average Bonchev–Trinajstić information content (AvgIpc) is 3.10. The molecule has 0 radical (unpaired) electrons. The largest absolute Gasteiger partial charge is 0.294 e. The molecule has 2 heteroatoms. The third kappa shape index (κ3) is 2.79. The smallest absolute Gasteiger partial charge is 0.170 e. The standard InChI is InChI=1S/C21H18OS/c22-21(16-10-5-2-6-11-16)18-14-20(15-8-3-1-4-9-15)23-19-13-7-12-17(18)19/h1-11,13-14,17-19H,12H2/t17?,18-,19?/m1/s1. The first kappa shape index (κ1) is 14.5. The lowest BCUT2D eigenvalue weighted by molar-refractivity contribution is 0.0913. The maximum absolute atomic E-state index is 13.0. The third-order valence-corrected chi connectivity index (χ3v) is 6.04. The Kier molecular flexibility index (Phi) is 3.92. The van der Waals surface area contributed by atoms with Crippen molar-refractivity contribution < 1.29 is 4.79 Å². The predicted octanol–water partition coefficient (Wildman–Crippen LogP) is 5.22. The molecule has 2 aromatic rings. The minimum atomic E-state index is -0.0335. The Hall–Kier alpha value is -2.06. The maximum atomic E-state index is 13.0. The SMILES string of the molecule is O=C(c1ccccc1)[C@@H]1C=C(c2ccccc2)SC2C=CCC21. The lowest BCUT2D eigenvalue weighted by Crippen LogP contribution is -2.29. The van der Waals surface area contributed by atoms with Crippen LogP contribution in [0.1, 0.15) is 22.3 Å². The molecule has 4 rings (SSSR count). The second kappa shape index (κ2) is 6.21. The van der Waals surface area contributed by atoms with Gasteiger partial charge in [-0.15, -0.1) is 11.8 Å². The molecular weight excluding hydrogens is 300 g/mol. The molecule has 2 aliphatic rings. The van der Waals surface area contributed by atoms with Gasteiger partial charge in [0.05, 0.1) is 0 Å². The Bertz CT molecular complexity index is 761. The number of carbonyl (C=O) groups excluding carboxylic acids is 1. The van der Waals surface area contributed by atoms with Gasteiger partial charge in [-0.1, -0.05) is 78.9 Å². The van der Waals surface area contributed by atoms with Gasteiger partial charge >= 0.3 is 0 Å². The van der Waals surface area contributed by atoms with Crippen LogP contribution in [-0.4, -0.2) is 11.0 Å². The van der Waals surface area contributed by atoms with Crippen LogP contribution < -0.4 is 0 Å². The van der Waals surface area contributed by atoms with E-state index in [4.69, 9.17) is 0 Å². The number of allylic oxidation sites excluding steroid dienone is 2. The van der Waals surface area contributed by atoms with E-state index in [-0.39, 0.29) is 11.7 Å². The summed E-state index contributed by atoms with van der Waals surface area (Å²) in [5, 5.41) is 0.410. The first-order chi connectivity index (χ1) is 11.3. The Labute approximate surface area is 141 Å². The van der Waals surface area contributed by atoms with Gasteiger partial charge in [0.2, 0.25) is 0 Å². The molecule has 0 fully saturated rings. The van der Waals surface area contributed by atoms with Crippen LogP contribution in [0.5, 0.6) is 0 Å². The molecule has 3 atom stereocenters. The molecule has 0 amide bonds. The van der Waals surface area contributed by atoms with Crippen LogP contribution in [0.3, 0.4) is 0 Å². The molecule has 114 valence electrons. The van der Waals surface area contributed by atoms with Crippen molar-refractivity contribution in [3.63, 3.8) is 0 Å². The fourth-order valence-corrected chi connectivity index (χ4v) is 4.86. The van der Waals surface area contributed by atoms with Crippen molar-refractivity contribution >= 4 is 22.5 Å². The Morgan fingerprint density at radius 2 is 1.65 bits per heavy atom. The van der Waals surface area contributed by atoms with E-state index in [0.717, 1.165) is 12.0 Å². The highest BCUT2D eigenvalue weighted by Gasteiger charge is 2.38. The zero-order valence-corrected chi connectivity index (χ0v) is 13.6.